The van der Waals surface area contributed by atoms with Crippen LogP contribution in [0.2, 0.25) is 25.7 Å². The van der Waals surface area contributed by atoms with Gasteiger partial charge in [0.1, 0.15) is 11.6 Å². The zero-order valence-corrected chi connectivity index (χ0v) is 25.3. The number of cyclic esters (lactones) is 1. The van der Waals surface area contributed by atoms with Crippen LogP contribution in [0.1, 0.15) is 49.0 Å². The summed E-state index contributed by atoms with van der Waals surface area (Å²) >= 11 is 0. The molecule has 0 radical (unpaired) electrons. The van der Waals surface area contributed by atoms with Crippen molar-refractivity contribution in [3.63, 3.8) is 0 Å². The van der Waals surface area contributed by atoms with Crippen LogP contribution >= 0.6 is 0 Å². The van der Waals surface area contributed by atoms with E-state index >= 15 is 0 Å². The smallest absolute Gasteiger partial charge is 0.409 e. The fraction of sp³-hybridized carbons (Fsp3) is 0.469. The third-order valence-electron chi connectivity index (χ3n) is 8.17. The minimum atomic E-state index is -1.44. The molecule has 0 spiro atoms. The number of morpholine rings is 1. The second kappa shape index (κ2) is 12.9. The maximum Gasteiger partial charge on any atom is 0.409 e. The van der Waals surface area contributed by atoms with Crippen LogP contribution in [0.4, 0.5) is 9.59 Å². The average Bonchev–Trinajstić information content (AvgIpc) is 2.94. The molecule has 41 heavy (non-hydrogen) atoms. The van der Waals surface area contributed by atoms with Gasteiger partial charge in [0.25, 0.3) is 0 Å². The number of nitrogens with zero attached hydrogens (tertiary/aromatic N) is 2. The highest BCUT2D eigenvalue weighted by atomic mass is 28.3. The predicted molar refractivity (Wildman–Crippen MR) is 160 cm³/mol. The third kappa shape index (κ3) is 7.01. The molecule has 2 saturated heterocycles. The molecule has 4 rings (SSSR count). The van der Waals surface area contributed by atoms with Crippen LogP contribution in [0.3, 0.4) is 0 Å². The largest absolute Gasteiger partial charge is 0.465 e. The quantitative estimate of drug-likeness (QED) is 0.198. The van der Waals surface area contributed by atoms with Gasteiger partial charge in [-0.2, -0.15) is 0 Å². The van der Waals surface area contributed by atoms with Gasteiger partial charge < -0.3 is 19.5 Å². The fourth-order valence-electron chi connectivity index (χ4n) is 5.98. The number of amides is 2. The Labute approximate surface area is 243 Å². The lowest BCUT2D eigenvalue weighted by molar-refractivity contribution is -0.188. The molecule has 1 N–H and O–H groups in total. The molecule has 9 heteroatoms. The van der Waals surface area contributed by atoms with Gasteiger partial charge in [0.05, 0.1) is 6.61 Å². The highest BCUT2D eigenvalue weighted by Crippen LogP contribution is 2.49. The van der Waals surface area contributed by atoms with E-state index in [4.69, 9.17) is 9.47 Å². The summed E-state index contributed by atoms with van der Waals surface area (Å²) in [6.45, 7) is 12.0. The molecule has 8 nitrogen and oxygen atoms in total. The maximum absolute atomic E-state index is 14.0. The van der Waals surface area contributed by atoms with E-state index in [1.54, 1.807) is 11.0 Å². The molecule has 2 aliphatic heterocycles. The Morgan fingerprint density at radius 3 is 2.17 bits per heavy atom. The summed E-state index contributed by atoms with van der Waals surface area (Å²) < 4.78 is 11.7. The van der Waals surface area contributed by atoms with Crippen LogP contribution < -0.4 is 0 Å². The molecule has 2 aromatic carbocycles. The molecule has 0 aromatic heterocycles. The van der Waals surface area contributed by atoms with Gasteiger partial charge in [-0.05, 0) is 48.8 Å². The third-order valence-corrected chi connectivity index (χ3v) is 9.88. The second-order valence-corrected chi connectivity index (χ2v) is 17.9. The van der Waals surface area contributed by atoms with Crippen molar-refractivity contribution in [2.75, 3.05) is 19.7 Å². The standard InChI is InChI=1S/C32H42N2O6Si/c1-5-18-32(23-24-16-19-33(20-17-24)31(38)39-21-22-41(2,3)4)29(35)40-28(26-14-10-7-11-15-26)27(34(32)30(36)37)25-12-8-6-9-13-25/h5-15,24,27-28H,1,16-23H2,2-4H3,(H,36,37)/t27-,28+,32-/m0/s1. The van der Waals surface area contributed by atoms with Gasteiger partial charge >= 0.3 is 18.2 Å². The van der Waals surface area contributed by atoms with Crippen LogP contribution in [0.15, 0.2) is 73.3 Å². The summed E-state index contributed by atoms with van der Waals surface area (Å²) in [6, 6.07) is 18.8. The Morgan fingerprint density at radius 2 is 1.63 bits per heavy atom. The van der Waals surface area contributed by atoms with Crippen LogP contribution in [0.5, 0.6) is 0 Å². The van der Waals surface area contributed by atoms with E-state index in [1.165, 1.54) is 4.90 Å². The number of piperidine rings is 1. The SMILES string of the molecule is C=CC[C@]1(CC2CCN(C(=O)OCC[Si](C)(C)C)CC2)C(=O)O[C@H](c2ccccc2)[C@H](c2ccccc2)N1C(=O)O. The number of hydrogen-bond acceptors (Lipinski definition) is 5. The number of ether oxygens (including phenoxy) is 2. The zero-order chi connectivity index (χ0) is 29.6. The highest BCUT2D eigenvalue weighted by Gasteiger charge is 2.58. The molecule has 0 aliphatic carbocycles. The van der Waals surface area contributed by atoms with Crippen molar-refractivity contribution in [1.29, 1.82) is 0 Å². The van der Waals surface area contributed by atoms with Crippen molar-refractivity contribution in [1.82, 2.24) is 9.80 Å². The van der Waals surface area contributed by atoms with Crippen molar-refractivity contribution < 1.29 is 29.0 Å². The molecule has 0 unspecified atom stereocenters. The number of likely N-dealkylation sites (tertiary alicyclic amines) is 1. The van der Waals surface area contributed by atoms with Crippen LogP contribution in [0.25, 0.3) is 0 Å². The van der Waals surface area contributed by atoms with Crippen molar-refractivity contribution in [2.24, 2.45) is 5.92 Å². The number of carboxylic acid groups (broad SMARTS) is 1. The number of hydrogen-bond donors (Lipinski definition) is 1. The van der Waals surface area contributed by atoms with E-state index in [9.17, 15) is 19.5 Å². The second-order valence-electron chi connectivity index (χ2n) is 12.3. The molecule has 2 aromatic rings. The van der Waals surface area contributed by atoms with Gasteiger partial charge in [-0.1, -0.05) is 86.4 Å². The van der Waals surface area contributed by atoms with Gasteiger partial charge in [0.2, 0.25) is 0 Å². The minimum Gasteiger partial charge on any atom is -0.465 e. The summed E-state index contributed by atoms with van der Waals surface area (Å²) in [4.78, 5) is 42.8. The van der Waals surface area contributed by atoms with Crippen molar-refractivity contribution in [3.05, 3.63) is 84.4 Å². The Balaban J connectivity index is 1.59. The Kier molecular flexibility index (Phi) is 9.58. The number of esters is 1. The number of benzene rings is 2. The van der Waals surface area contributed by atoms with E-state index in [1.807, 2.05) is 60.7 Å². The van der Waals surface area contributed by atoms with Gasteiger partial charge in [0.15, 0.2) is 6.10 Å². The Hall–Kier alpha value is -3.59. The Morgan fingerprint density at radius 1 is 1.05 bits per heavy atom. The first-order valence-electron chi connectivity index (χ1n) is 14.4. The number of carbonyl (C=O) groups excluding carboxylic acids is 2. The van der Waals surface area contributed by atoms with E-state index in [2.05, 4.69) is 26.2 Å². The van der Waals surface area contributed by atoms with Crippen molar-refractivity contribution >= 4 is 26.2 Å². The molecule has 2 aliphatic rings. The molecule has 0 bridgehead atoms. The van der Waals surface area contributed by atoms with E-state index < -0.39 is 37.8 Å². The first-order valence-corrected chi connectivity index (χ1v) is 18.1. The van der Waals surface area contributed by atoms with Gasteiger partial charge in [-0.3, -0.25) is 4.90 Å². The lowest BCUT2D eigenvalue weighted by Gasteiger charge is -2.52. The number of rotatable bonds is 9. The fourth-order valence-corrected chi connectivity index (χ4v) is 6.69. The predicted octanol–water partition coefficient (Wildman–Crippen LogP) is 6.90. The Bertz CT molecular complexity index is 1210. The van der Waals surface area contributed by atoms with Crippen molar-refractivity contribution in [3.8, 4) is 0 Å². The molecular formula is C32H42N2O6Si. The summed E-state index contributed by atoms with van der Waals surface area (Å²) in [5, 5.41) is 10.7. The van der Waals surface area contributed by atoms with Gasteiger partial charge in [-0.25, -0.2) is 14.4 Å². The maximum atomic E-state index is 14.0. The molecule has 0 saturated carbocycles. The van der Waals surface area contributed by atoms with Gasteiger partial charge in [0, 0.05) is 21.2 Å². The van der Waals surface area contributed by atoms with Crippen LogP contribution in [0, 0.1) is 5.92 Å². The lowest BCUT2D eigenvalue weighted by Crippen LogP contribution is -2.64. The monoisotopic (exact) mass is 578 g/mol. The molecule has 220 valence electrons. The van der Waals surface area contributed by atoms with Gasteiger partial charge in [-0.15, -0.1) is 6.58 Å². The zero-order valence-electron chi connectivity index (χ0n) is 24.3. The highest BCUT2D eigenvalue weighted by molar-refractivity contribution is 6.76. The summed E-state index contributed by atoms with van der Waals surface area (Å²) in [5.74, 6) is -0.547. The van der Waals surface area contributed by atoms with E-state index in [0.717, 1.165) is 17.2 Å². The first-order chi connectivity index (χ1) is 19.6. The van der Waals surface area contributed by atoms with E-state index in [0.29, 0.717) is 32.5 Å². The average molecular weight is 579 g/mol. The topological polar surface area (TPSA) is 96.4 Å². The minimum absolute atomic E-state index is 0.0140. The first kappa shape index (κ1) is 30.4. The molecule has 2 fully saturated rings. The molecule has 2 heterocycles. The van der Waals surface area contributed by atoms with E-state index in [-0.39, 0.29) is 24.9 Å². The lowest BCUT2D eigenvalue weighted by atomic mass is 9.76. The number of carbonyl (C=O) groups is 3. The molecule has 3 atom stereocenters. The molecular weight excluding hydrogens is 536 g/mol. The summed E-state index contributed by atoms with van der Waals surface area (Å²) in [5.41, 5.74) is 0.0408. The molecule has 2 amide bonds. The van der Waals surface area contributed by atoms with Crippen molar-refractivity contribution in [2.45, 2.75) is 69.1 Å². The normalized spacial score (nSPS) is 23.5. The summed E-state index contributed by atoms with van der Waals surface area (Å²) in [7, 11) is -1.31. The summed E-state index contributed by atoms with van der Waals surface area (Å²) in [6.07, 6.45) is 1.01. The van der Waals surface area contributed by atoms with Crippen LogP contribution in [-0.2, 0) is 14.3 Å². The van der Waals surface area contributed by atoms with Crippen LogP contribution in [-0.4, -0.2) is 66.4 Å².